The molecule has 2 aromatic carbocycles. The number of hydrogen-bond donors (Lipinski definition) is 0. The van der Waals surface area contributed by atoms with E-state index in [1.165, 1.54) is 0 Å². The molecule has 0 atom stereocenters. The second kappa shape index (κ2) is 5.00. The van der Waals surface area contributed by atoms with Gasteiger partial charge in [-0.3, -0.25) is 0 Å². The summed E-state index contributed by atoms with van der Waals surface area (Å²) in [5.41, 5.74) is 1.76. The van der Waals surface area contributed by atoms with Gasteiger partial charge in [-0.2, -0.15) is 0 Å². The van der Waals surface area contributed by atoms with Crippen LogP contribution in [0, 0.1) is 0 Å². The summed E-state index contributed by atoms with van der Waals surface area (Å²) in [6.45, 7) is 4.30. The number of hydrogen-bond acceptors (Lipinski definition) is 2. The predicted molar refractivity (Wildman–Crippen MR) is 69.3 cm³/mol. The number of rotatable bonds is 3. The van der Waals surface area contributed by atoms with Crippen molar-refractivity contribution >= 4 is 16.7 Å². The molecular weight excluding hydrogens is 212 g/mol. The highest BCUT2D eigenvalue weighted by molar-refractivity contribution is 5.98. The number of carbonyl (C=O) groups excluding carboxylic acids is 1. The zero-order chi connectivity index (χ0) is 12.3. The predicted octanol–water partition coefficient (Wildman–Crippen LogP) is 3.58. The number of esters is 1. The van der Waals surface area contributed by atoms with Gasteiger partial charge in [-0.15, -0.1) is 0 Å². The highest BCUT2D eigenvalue weighted by atomic mass is 16.5. The standard InChI is InChI=1S/C15H16O2/c1-3-12-13-8-6-5-7-11(13)9-10-14(12)15(16)17-4-2/h5-10H,3-4H2,1-2H3. The first-order valence-electron chi connectivity index (χ1n) is 5.95. The zero-order valence-corrected chi connectivity index (χ0v) is 10.2. The third-order valence-electron chi connectivity index (χ3n) is 2.89. The molecule has 0 aliphatic carbocycles. The van der Waals surface area contributed by atoms with Crippen molar-refractivity contribution in [2.45, 2.75) is 20.3 Å². The molecule has 0 amide bonds. The van der Waals surface area contributed by atoms with Gasteiger partial charge in [-0.25, -0.2) is 4.79 Å². The number of carbonyl (C=O) groups is 1. The van der Waals surface area contributed by atoms with Gasteiger partial charge in [0.05, 0.1) is 12.2 Å². The van der Waals surface area contributed by atoms with Crippen molar-refractivity contribution in [3.05, 3.63) is 47.5 Å². The molecule has 0 saturated carbocycles. The summed E-state index contributed by atoms with van der Waals surface area (Å²) in [6.07, 6.45) is 0.829. The first kappa shape index (κ1) is 11.6. The van der Waals surface area contributed by atoms with E-state index in [-0.39, 0.29) is 5.97 Å². The number of ether oxygens (including phenoxy) is 1. The van der Waals surface area contributed by atoms with Crippen LogP contribution in [0.5, 0.6) is 0 Å². The average Bonchev–Trinajstić information content (AvgIpc) is 2.37. The third kappa shape index (κ3) is 2.16. The van der Waals surface area contributed by atoms with Gasteiger partial charge in [0, 0.05) is 0 Å². The van der Waals surface area contributed by atoms with Gasteiger partial charge in [-0.05, 0) is 35.7 Å². The Morgan fingerprint density at radius 2 is 1.88 bits per heavy atom. The highest BCUT2D eigenvalue weighted by Gasteiger charge is 2.13. The van der Waals surface area contributed by atoms with Crippen LogP contribution < -0.4 is 0 Å². The lowest BCUT2D eigenvalue weighted by atomic mass is 9.97. The maximum Gasteiger partial charge on any atom is 0.338 e. The molecule has 0 N–H and O–H groups in total. The topological polar surface area (TPSA) is 26.3 Å². The second-order valence-corrected chi connectivity index (χ2v) is 3.89. The lowest BCUT2D eigenvalue weighted by Crippen LogP contribution is -2.08. The van der Waals surface area contributed by atoms with E-state index in [1.54, 1.807) is 0 Å². The fourth-order valence-corrected chi connectivity index (χ4v) is 2.12. The number of aryl methyl sites for hydroxylation is 1. The molecule has 0 heterocycles. The Morgan fingerprint density at radius 3 is 2.59 bits per heavy atom. The van der Waals surface area contributed by atoms with Crippen LogP contribution in [0.1, 0.15) is 29.8 Å². The van der Waals surface area contributed by atoms with Crippen LogP contribution in [0.4, 0.5) is 0 Å². The second-order valence-electron chi connectivity index (χ2n) is 3.89. The Bertz CT molecular complexity index is 544. The van der Waals surface area contributed by atoms with E-state index >= 15 is 0 Å². The van der Waals surface area contributed by atoms with Gasteiger partial charge in [0.1, 0.15) is 0 Å². The molecule has 0 aliphatic heterocycles. The zero-order valence-electron chi connectivity index (χ0n) is 10.2. The van der Waals surface area contributed by atoms with Crippen LogP contribution in [0.15, 0.2) is 36.4 Å². The van der Waals surface area contributed by atoms with Crippen molar-refractivity contribution < 1.29 is 9.53 Å². The van der Waals surface area contributed by atoms with E-state index in [0.717, 1.165) is 22.8 Å². The Hall–Kier alpha value is -1.83. The molecule has 17 heavy (non-hydrogen) atoms. The molecule has 2 aromatic rings. The normalized spacial score (nSPS) is 10.5. The fourth-order valence-electron chi connectivity index (χ4n) is 2.12. The molecule has 0 radical (unpaired) electrons. The van der Waals surface area contributed by atoms with Gasteiger partial charge in [-0.1, -0.05) is 37.3 Å². The summed E-state index contributed by atoms with van der Waals surface area (Å²) in [4.78, 5) is 11.8. The Morgan fingerprint density at radius 1 is 1.12 bits per heavy atom. The summed E-state index contributed by atoms with van der Waals surface area (Å²) in [5, 5.41) is 2.30. The molecular formula is C15H16O2. The highest BCUT2D eigenvalue weighted by Crippen LogP contribution is 2.23. The molecule has 0 fully saturated rings. The summed E-state index contributed by atoms with van der Waals surface area (Å²) in [6, 6.07) is 11.9. The Balaban J connectivity index is 2.60. The Kier molecular flexibility index (Phi) is 3.43. The SMILES string of the molecule is CCOC(=O)c1ccc2ccccc2c1CC. The molecule has 0 aromatic heterocycles. The van der Waals surface area contributed by atoms with E-state index in [0.29, 0.717) is 12.2 Å². The van der Waals surface area contributed by atoms with Crippen LogP contribution in [0.3, 0.4) is 0 Å². The van der Waals surface area contributed by atoms with E-state index < -0.39 is 0 Å². The van der Waals surface area contributed by atoms with Gasteiger partial charge in [0.15, 0.2) is 0 Å². The minimum absolute atomic E-state index is 0.227. The Labute approximate surface area is 101 Å². The monoisotopic (exact) mass is 228 g/mol. The lowest BCUT2D eigenvalue weighted by molar-refractivity contribution is 0.0525. The van der Waals surface area contributed by atoms with Crippen LogP contribution in [-0.2, 0) is 11.2 Å². The van der Waals surface area contributed by atoms with Crippen LogP contribution in [-0.4, -0.2) is 12.6 Å². The summed E-state index contributed by atoms with van der Waals surface area (Å²) in [7, 11) is 0. The maximum atomic E-state index is 11.8. The first-order chi connectivity index (χ1) is 8.27. The average molecular weight is 228 g/mol. The van der Waals surface area contributed by atoms with E-state index in [9.17, 15) is 4.79 Å². The van der Waals surface area contributed by atoms with E-state index in [4.69, 9.17) is 4.74 Å². The van der Waals surface area contributed by atoms with Crippen molar-refractivity contribution in [3.63, 3.8) is 0 Å². The van der Waals surface area contributed by atoms with Gasteiger partial charge in [0.2, 0.25) is 0 Å². The molecule has 2 rings (SSSR count). The van der Waals surface area contributed by atoms with E-state index in [2.05, 4.69) is 19.1 Å². The number of fused-ring (bicyclic) bond motifs is 1. The minimum atomic E-state index is -0.227. The van der Waals surface area contributed by atoms with Crippen molar-refractivity contribution in [2.75, 3.05) is 6.61 Å². The maximum absolute atomic E-state index is 11.8. The molecule has 2 heteroatoms. The van der Waals surface area contributed by atoms with Gasteiger partial charge >= 0.3 is 5.97 Å². The smallest absolute Gasteiger partial charge is 0.338 e. The van der Waals surface area contributed by atoms with Crippen molar-refractivity contribution in [2.24, 2.45) is 0 Å². The van der Waals surface area contributed by atoms with Crippen LogP contribution in [0.2, 0.25) is 0 Å². The minimum Gasteiger partial charge on any atom is -0.462 e. The molecule has 0 aliphatic rings. The summed E-state index contributed by atoms with van der Waals surface area (Å²) in [5.74, 6) is -0.227. The molecule has 0 saturated heterocycles. The number of benzene rings is 2. The lowest BCUT2D eigenvalue weighted by Gasteiger charge is -2.10. The summed E-state index contributed by atoms with van der Waals surface area (Å²) < 4.78 is 5.08. The van der Waals surface area contributed by atoms with Crippen LogP contribution >= 0.6 is 0 Å². The molecule has 88 valence electrons. The van der Waals surface area contributed by atoms with Crippen molar-refractivity contribution in [1.82, 2.24) is 0 Å². The molecule has 0 bridgehead atoms. The van der Waals surface area contributed by atoms with Gasteiger partial charge in [0.25, 0.3) is 0 Å². The van der Waals surface area contributed by atoms with Crippen molar-refractivity contribution in [1.29, 1.82) is 0 Å². The van der Waals surface area contributed by atoms with Gasteiger partial charge < -0.3 is 4.74 Å². The fraction of sp³-hybridized carbons (Fsp3) is 0.267. The van der Waals surface area contributed by atoms with Crippen LogP contribution in [0.25, 0.3) is 10.8 Å². The summed E-state index contributed by atoms with van der Waals surface area (Å²) >= 11 is 0. The van der Waals surface area contributed by atoms with Crippen molar-refractivity contribution in [3.8, 4) is 0 Å². The third-order valence-corrected chi connectivity index (χ3v) is 2.89. The molecule has 0 spiro atoms. The van der Waals surface area contributed by atoms with E-state index in [1.807, 2.05) is 31.2 Å². The first-order valence-corrected chi connectivity index (χ1v) is 5.95. The molecule has 2 nitrogen and oxygen atoms in total. The largest absolute Gasteiger partial charge is 0.462 e. The quantitative estimate of drug-likeness (QED) is 0.750. The molecule has 0 unspecified atom stereocenters.